The predicted molar refractivity (Wildman–Crippen MR) is 110 cm³/mol. The zero-order chi connectivity index (χ0) is 19.8. The first kappa shape index (κ1) is 18.1. The van der Waals surface area contributed by atoms with Gasteiger partial charge in [0.1, 0.15) is 5.82 Å². The molecule has 6 nitrogen and oxygen atoms in total. The van der Waals surface area contributed by atoms with Gasteiger partial charge >= 0.3 is 0 Å². The maximum Gasteiger partial charge on any atom is 0.261 e. The molecule has 0 saturated carbocycles. The number of benzene rings is 2. The fourth-order valence-corrected chi connectivity index (χ4v) is 3.57. The third-order valence-corrected chi connectivity index (χ3v) is 5.04. The van der Waals surface area contributed by atoms with Crippen molar-refractivity contribution in [2.24, 2.45) is 0 Å². The Hall–Kier alpha value is -3.25. The second kappa shape index (κ2) is 7.05. The highest BCUT2D eigenvalue weighted by molar-refractivity contribution is 6.35. The molecule has 0 bridgehead atoms. The van der Waals surface area contributed by atoms with Crippen LogP contribution in [0.25, 0.3) is 22.6 Å². The molecule has 1 aromatic heterocycles. The van der Waals surface area contributed by atoms with Gasteiger partial charge in [-0.2, -0.15) is 0 Å². The number of aliphatic hydroxyl groups excluding tert-OH is 1. The first-order valence-corrected chi connectivity index (χ1v) is 9.22. The normalized spacial score (nSPS) is 14.9. The van der Waals surface area contributed by atoms with E-state index in [9.17, 15) is 14.7 Å². The Bertz CT molecular complexity index is 1180. The number of carbonyl (C=O) groups is 1. The summed E-state index contributed by atoms with van der Waals surface area (Å²) in [6.07, 6.45) is 2.12. The van der Waals surface area contributed by atoms with Gasteiger partial charge in [-0.15, -0.1) is 0 Å². The van der Waals surface area contributed by atoms with Crippen molar-refractivity contribution in [2.45, 2.75) is 19.9 Å². The highest BCUT2D eigenvalue weighted by Gasteiger charge is 2.30. The molecule has 28 heavy (non-hydrogen) atoms. The van der Waals surface area contributed by atoms with Crippen molar-refractivity contribution in [1.29, 1.82) is 0 Å². The molecule has 1 aliphatic heterocycles. The lowest BCUT2D eigenvalue weighted by Crippen LogP contribution is -2.25. The first-order valence-electron chi connectivity index (χ1n) is 9.22. The summed E-state index contributed by atoms with van der Waals surface area (Å²) in [6, 6.07) is 13.0. The summed E-state index contributed by atoms with van der Waals surface area (Å²) in [4.78, 5) is 32.1. The first-order chi connectivity index (χ1) is 13.5. The van der Waals surface area contributed by atoms with Crippen LogP contribution in [0, 0.1) is 6.92 Å². The van der Waals surface area contributed by atoms with Crippen molar-refractivity contribution in [1.82, 2.24) is 9.55 Å². The van der Waals surface area contributed by atoms with Gasteiger partial charge in [-0.1, -0.05) is 23.8 Å². The zero-order valence-electron chi connectivity index (χ0n) is 15.8. The van der Waals surface area contributed by atoms with Crippen molar-refractivity contribution in [3.05, 3.63) is 69.8 Å². The van der Waals surface area contributed by atoms with E-state index in [0.29, 0.717) is 35.3 Å². The Morgan fingerprint density at radius 3 is 2.71 bits per heavy atom. The summed E-state index contributed by atoms with van der Waals surface area (Å²) >= 11 is 0. The van der Waals surface area contributed by atoms with Crippen LogP contribution in [0.1, 0.15) is 23.4 Å². The van der Waals surface area contributed by atoms with Crippen LogP contribution in [-0.2, 0) is 11.3 Å². The average molecular weight is 375 g/mol. The van der Waals surface area contributed by atoms with Crippen LogP contribution in [0.15, 0.2) is 47.3 Å². The largest absolute Gasteiger partial charge is 0.396 e. The van der Waals surface area contributed by atoms with Crippen LogP contribution in [0.5, 0.6) is 0 Å². The van der Waals surface area contributed by atoms with E-state index in [-0.39, 0.29) is 18.1 Å². The van der Waals surface area contributed by atoms with Gasteiger partial charge < -0.3 is 10.0 Å². The lowest BCUT2D eigenvalue weighted by Gasteiger charge is -2.11. The highest BCUT2D eigenvalue weighted by Crippen LogP contribution is 2.37. The van der Waals surface area contributed by atoms with Crippen LogP contribution in [0.3, 0.4) is 0 Å². The number of anilines is 1. The molecule has 3 aromatic rings. The Morgan fingerprint density at radius 2 is 1.93 bits per heavy atom. The number of hydrogen-bond donors (Lipinski definition) is 1. The van der Waals surface area contributed by atoms with Crippen LogP contribution in [0.2, 0.25) is 0 Å². The van der Waals surface area contributed by atoms with Crippen LogP contribution in [-0.4, -0.2) is 34.2 Å². The van der Waals surface area contributed by atoms with E-state index in [4.69, 9.17) is 0 Å². The van der Waals surface area contributed by atoms with E-state index >= 15 is 0 Å². The van der Waals surface area contributed by atoms with Gasteiger partial charge in [0.25, 0.3) is 11.5 Å². The topological polar surface area (TPSA) is 75.4 Å². The summed E-state index contributed by atoms with van der Waals surface area (Å²) in [6.45, 7) is 2.28. The second-order valence-electron chi connectivity index (χ2n) is 6.96. The number of aliphatic hydroxyl groups is 1. The maximum absolute atomic E-state index is 13.0. The Morgan fingerprint density at radius 1 is 1.14 bits per heavy atom. The lowest BCUT2D eigenvalue weighted by molar-refractivity contribution is -0.112. The van der Waals surface area contributed by atoms with Gasteiger partial charge in [0, 0.05) is 25.8 Å². The van der Waals surface area contributed by atoms with E-state index < -0.39 is 0 Å². The number of aromatic nitrogens is 2. The van der Waals surface area contributed by atoms with Crippen molar-refractivity contribution in [3.8, 4) is 0 Å². The number of hydrogen-bond acceptors (Lipinski definition) is 4. The van der Waals surface area contributed by atoms with Gasteiger partial charge in [-0.05, 0) is 43.7 Å². The molecule has 4 rings (SSSR count). The lowest BCUT2D eigenvalue weighted by atomic mass is 10.0. The summed E-state index contributed by atoms with van der Waals surface area (Å²) in [5.41, 5.74) is 3.66. The number of rotatable bonds is 4. The number of amides is 1. The standard InChI is InChI=1S/C22H21N3O3/c1-14-8-9-19-16(12-14)17(21(27)24(19)2)13-20-23-18-7-4-3-6-15(18)22(28)25(20)10-5-11-26/h3-4,6-9,12-13,26H,5,10-11H2,1-2H3/b17-13-. The van der Waals surface area contributed by atoms with E-state index in [1.165, 1.54) is 4.57 Å². The van der Waals surface area contributed by atoms with E-state index in [1.807, 2.05) is 31.2 Å². The Labute approximate surface area is 162 Å². The zero-order valence-corrected chi connectivity index (χ0v) is 15.8. The van der Waals surface area contributed by atoms with E-state index in [0.717, 1.165) is 16.8 Å². The number of likely N-dealkylation sites (N-methyl/N-ethyl adjacent to an activating group) is 1. The van der Waals surface area contributed by atoms with Gasteiger partial charge in [-0.3, -0.25) is 14.2 Å². The van der Waals surface area contributed by atoms with Crippen LogP contribution >= 0.6 is 0 Å². The number of carbonyl (C=O) groups excluding carboxylic acids is 1. The monoisotopic (exact) mass is 375 g/mol. The third kappa shape index (κ3) is 2.92. The van der Waals surface area contributed by atoms with Gasteiger partial charge in [-0.25, -0.2) is 4.98 Å². The van der Waals surface area contributed by atoms with E-state index in [2.05, 4.69) is 4.98 Å². The number of para-hydroxylation sites is 1. The minimum atomic E-state index is -0.172. The molecule has 0 fully saturated rings. The molecular formula is C22H21N3O3. The smallest absolute Gasteiger partial charge is 0.261 e. The minimum Gasteiger partial charge on any atom is -0.396 e. The molecule has 142 valence electrons. The Kier molecular flexibility index (Phi) is 4.57. The summed E-state index contributed by atoms with van der Waals surface area (Å²) in [5, 5.41) is 9.75. The molecule has 6 heteroatoms. The number of fused-ring (bicyclic) bond motifs is 2. The van der Waals surface area contributed by atoms with Crippen LogP contribution in [0.4, 0.5) is 5.69 Å². The predicted octanol–water partition coefficient (Wildman–Crippen LogP) is 2.60. The maximum atomic E-state index is 13.0. The van der Waals surface area contributed by atoms with Crippen LogP contribution < -0.4 is 10.5 Å². The van der Waals surface area contributed by atoms with Crippen molar-refractivity contribution >= 4 is 34.1 Å². The highest BCUT2D eigenvalue weighted by atomic mass is 16.3. The molecule has 1 amide bonds. The molecular weight excluding hydrogens is 354 g/mol. The van der Waals surface area contributed by atoms with E-state index in [1.54, 1.807) is 36.2 Å². The molecule has 0 atom stereocenters. The second-order valence-corrected chi connectivity index (χ2v) is 6.96. The van der Waals surface area contributed by atoms with Crippen molar-refractivity contribution in [2.75, 3.05) is 18.6 Å². The van der Waals surface area contributed by atoms with Crippen molar-refractivity contribution in [3.63, 3.8) is 0 Å². The van der Waals surface area contributed by atoms with Gasteiger partial charge in [0.2, 0.25) is 0 Å². The van der Waals surface area contributed by atoms with Crippen molar-refractivity contribution < 1.29 is 9.90 Å². The average Bonchev–Trinajstić information content (AvgIpc) is 2.92. The molecule has 2 aromatic carbocycles. The number of nitrogens with zero attached hydrogens (tertiary/aromatic N) is 3. The molecule has 0 aliphatic carbocycles. The molecule has 1 N–H and O–H groups in total. The fraction of sp³-hybridized carbons (Fsp3) is 0.227. The molecule has 0 saturated heterocycles. The summed E-state index contributed by atoms with van der Waals surface area (Å²) < 4.78 is 1.53. The SMILES string of the molecule is Cc1ccc2c(c1)/C(=C/c1nc3ccccc3c(=O)n1CCCO)C(=O)N2C. The molecule has 0 spiro atoms. The molecule has 0 unspecified atom stereocenters. The molecule has 0 radical (unpaired) electrons. The molecule has 1 aliphatic rings. The quantitative estimate of drug-likeness (QED) is 0.712. The Balaban J connectivity index is 1.96. The minimum absolute atomic E-state index is 0.0288. The molecule has 2 heterocycles. The van der Waals surface area contributed by atoms with Gasteiger partial charge in [0.15, 0.2) is 0 Å². The summed E-state index contributed by atoms with van der Waals surface area (Å²) in [5.74, 6) is 0.292. The van der Waals surface area contributed by atoms with Gasteiger partial charge in [0.05, 0.1) is 22.2 Å². The fourth-order valence-electron chi connectivity index (χ4n) is 3.57. The third-order valence-electron chi connectivity index (χ3n) is 5.04. The summed E-state index contributed by atoms with van der Waals surface area (Å²) in [7, 11) is 1.74. The number of aryl methyl sites for hydroxylation is 1.